The molecule has 0 saturated carbocycles. The summed E-state index contributed by atoms with van der Waals surface area (Å²) in [5.41, 5.74) is 14.3. The second kappa shape index (κ2) is 7.84. The van der Waals surface area contributed by atoms with Crippen LogP contribution in [0.2, 0.25) is 0 Å². The molecule has 0 heterocycles. The molecule has 3 aromatic rings. The Morgan fingerprint density at radius 3 is 1.18 bits per heavy atom. The normalized spacial score (nSPS) is 10.4. The number of carbonyl (C=O) groups is 2. The van der Waals surface area contributed by atoms with Crippen LogP contribution in [0.3, 0.4) is 0 Å². The molecule has 0 aromatic heterocycles. The van der Waals surface area contributed by atoms with E-state index in [0.29, 0.717) is 44.9 Å². The molecule has 3 rings (SSSR count). The molecular formula is C22H20N2O4. The van der Waals surface area contributed by atoms with Crippen LogP contribution < -0.4 is 20.9 Å². The lowest BCUT2D eigenvalue weighted by atomic mass is 9.86. The van der Waals surface area contributed by atoms with Crippen LogP contribution >= 0.6 is 0 Å². The van der Waals surface area contributed by atoms with Crippen molar-refractivity contribution in [2.45, 2.75) is 0 Å². The van der Waals surface area contributed by atoms with E-state index in [9.17, 15) is 9.59 Å². The first-order valence-electron chi connectivity index (χ1n) is 8.51. The standard InChI is InChI=1S/C22H20N2O4/c1-27-15-7-3-13(4-8-15)19-17(21(23)25)11-12-18(22(24)26)20(19)14-5-9-16(28-2)10-6-14/h3-12H,1-2H3,(H2,23,25)(H2,24,26). The van der Waals surface area contributed by atoms with E-state index in [1.165, 1.54) is 12.1 Å². The fourth-order valence-corrected chi connectivity index (χ4v) is 3.13. The summed E-state index contributed by atoms with van der Waals surface area (Å²) in [4.78, 5) is 24.3. The van der Waals surface area contributed by atoms with Gasteiger partial charge >= 0.3 is 0 Å². The Morgan fingerprint density at radius 1 is 0.607 bits per heavy atom. The number of benzene rings is 3. The summed E-state index contributed by atoms with van der Waals surface area (Å²) in [6.45, 7) is 0. The van der Waals surface area contributed by atoms with E-state index >= 15 is 0 Å². The lowest BCUT2D eigenvalue weighted by molar-refractivity contribution is 0.0989. The average Bonchev–Trinajstić information content (AvgIpc) is 2.72. The van der Waals surface area contributed by atoms with Gasteiger partial charge in [-0.1, -0.05) is 24.3 Å². The Morgan fingerprint density at radius 2 is 0.929 bits per heavy atom. The lowest BCUT2D eigenvalue weighted by Gasteiger charge is -2.18. The zero-order chi connectivity index (χ0) is 20.3. The fraction of sp³-hybridized carbons (Fsp3) is 0.0909. The van der Waals surface area contributed by atoms with Crippen LogP contribution in [-0.4, -0.2) is 26.0 Å². The molecule has 0 aliphatic heterocycles. The molecular weight excluding hydrogens is 356 g/mol. The van der Waals surface area contributed by atoms with Gasteiger partial charge in [0, 0.05) is 22.3 Å². The highest BCUT2D eigenvalue weighted by molar-refractivity contribution is 6.10. The number of methoxy groups -OCH3 is 2. The third kappa shape index (κ3) is 3.53. The fourth-order valence-electron chi connectivity index (χ4n) is 3.13. The van der Waals surface area contributed by atoms with Crippen LogP contribution in [0.25, 0.3) is 22.3 Å². The minimum Gasteiger partial charge on any atom is -0.497 e. The van der Waals surface area contributed by atoms with Crippen LogP contribution in [0.15, 0.2) is 60.7 Å². The molecule has 2 amide bonds. The number of rotatable bonds is 6. The van der Waals surface area contributed by atoms with Gasteiger partial charge in [0.25, 0.3) is 0 Å². The first-order chi connectivity index (χ1) is 13.5. The number of nitrogens with two attached hydrogens (primary N) is 2. The Balaban J connectivity index is 2.36. The minimum atomic E-state index is -0.600. The molecule has 28 heavy (non-hydrogen) atoms. The topological polar surface area (TPSA) is 105 Å². The molecule has 0 aliphatic rings. The van der Waals surface area contributed by atoms with Gasteiger partial charge in [0.2, 0.25) is 11.8 Å². The van der Waals surface area contributed by atoms with Gasteiger partial charge in [-0.15, -0.1) is 0 Å². The summed E-state index contributed by atoms with van der Waals surface area (Å²) in [5, 5.41) is 0. The second-order valence-corrected chi connectivity index (χ2v) is 6.10. The van der Waals surface area contributed by atoms with Crippen molar-refractivity contribution in [3.05, 3.63) is 71.8 Å². The van der Waals surface area contributed by atoms with Gasteiger partial charge in [-0.25, -0.2) is 0 Å². The third-order valence-corrected chi connectivity index (χ3v) is 4.49. The van der Waals surface area contributed by atoms with E-state index in [2.05, 4.69) is 0 Å². The van der Waals surface area contributed by atoms with Gasteiger partial charge < -0.3 is 20.9 Å². The van der Waals surface area contributed by atoms with Gasteiger partial charge in [-0.3, -0.25) is 9.59 Å². The largest absolute Gasteiger partial charge is 0.497 e. The Labute approximate surface area is 162 Å². The number of carbonyl (C=O) groups excluding carboxylic acids is 2. The predicted molar refractivity (Wildman–Crippen MR) is 107 cm³/mol. The number of hydrogen-bond donors (Lipinski definition) is 2. The van der Waals surface area contributed by atoms with Crippen molar-refractivity contribution in [2.24, 2.45) is 11.5 Å². The summed E-state index contributed by atoms with van der Waals surface area (Å²) >= 11 is 0. The molecule has 0 spiro atoms. The van der Waals surface area contributed by atoms with Crippen LogP contribution in [0, 0.1) is 0 Å². The first kappa shape index (κ1) is 19.0. The molecule has 0 atom stereocenters. The molecule has 4 N–H and O–H groups in total. The Bertz CT molecular complexity index is 941. The number of hydrogen-bond acceptors (Lipinski definition) is 4. The maximum atomic E-state index is 12.1. The van der Waals surface area contributed by atoms with Crippen molar-refractivity contribution >= 4 is 11.8 Å². The van der Waals surface area contributed by atoms with Gasteiger partial charge in [-0.2, -0.15) is 0 Å². The number of amides is 2. The highest BCUT2D eigenvalue weighted by Gasteiger charge is 2.22. The molecule has 6 heteroatoms. The van der Waals surface area contributed by atoms with Crippen LogP contribution in [0.4, 0.5) is 0 Å². The van der Waals surface area contributed by atoms with Crippen LogP contribution in [0.1, 0.15) is 20.7 Å². The zero-order valence-electron chi connectivity index (χ0n) is 15.6. The maximum absolute atomic E-state index is 12.1. The molecule has 142 valence electrons. The third-order valence-electron chi connectivity index (χ3n) is 4.49. The summed E-state index contributed by atoms with van der Waals surface area (Å²) in [6, 6.07) is 17.4. The van der Waals surface area contributed by atoms with Crippen molar-refractivity contribution in [1.29, 1.82) is 0 Å². The van der Waals surface area contributed by atoms with Gasteiger partial charge in [0.1, 0.15) is 11.5 Å². The van der Waals surface area contributed by atoms with Crippen LogP contribution in [-0.2, 0) is 0 Å². The van der Waals surface area contributed by atoms with Crippen LogP contribution in [0.5, 0.6) is 11.5 Å². The molecule has 3 aromatic carbocycles. The molecule has 0 bridgehead atoms. The van der Waals surface area contributed by atoms with E-state index in [4.69, 9.17) is 20.9 Å². The van der Waals surface area contributed by atoms with E-state index in [1.54, 1.807) is 62.8 Å². The molecule has 6 nitrogen and oxygen atoms in total. The highest BCUT2D eigenvalue weighted by atomic mass is 16.5. The predicted octanol–water partition coefficient (Wildman–Crippen LogP) is 3.24. The van der Waals surface area contributed by atoms with Gasteiger partial charge in [0.15, 0.2) is 0 Å². The average molecular weight is 376 g/mol. The minimum absolute atomic E-state index is 0.293. The summed E-state index contributed by atoms with van der Waals surface area (Å²) in [7, 11) is 3.14. The summed E-state index contributed by atoms with van der Waals surface area (Å²) in [6.07, 6.45) is 0. The van der Waals surface area contributed by atoms with Crippen molar-refractivity contribution in [3.8, 4) is 33.8 Å². The maximum Gasteiger partial charge on any atom is 0.249 e. The summed E-state index contributed by atoms with van der Waals surface area (Å²) in [5.74, 6) is 0.135. The molecule has 0 fully saturated rings. The zero-order valence-corrected chi connectivity index (χ0v) is 15.6. The monoisotopic (exact) mass is 376 g/mol. The smallest absolute Gasteiger partial charge is 0.249 e. The van der Waals surface area contributed by atoms with E-state index < -0.39 is 11.8 Å². The lowest BCUT2D eigenvalue weighted by Crippen LogP contribution is -2.17. The number of primary amides is 2. The van der Waals surface area contributed by atoms with E-state index in [-0.39, 0.29) is 0 Å². The van der Waals surface area contributed by atoms with Crippen molar-refractivity contribution in [3.63, 3.8) is 0 Å². The van der Waals surface area contributed by atoms with Gasteiger partial charge in [-0.05, 0) is 47.5 Å². The molecule has 0 radical (unpaired) electrons. The Kier molecular flexibility index (Phi) is 5.31. The molecule has 0 saturated heterocycles. The quantitative estimate of drug-likeness (QED) is 0.689. The molecule has 0 aliphatic carbocycles. The Hall–Kier alpha value is -3.80. The van der Waals surface area contributed by atoms with E-state index in [1.807, 2.05) is 0 Å². The van der Waals surface area contributed by atoms with E-state index in [0.717, 1.165) is 0 Å². The SMILES string of the molecule is COc1ccc(-c2c(C(N)=O)ccc(C(N)=O)c2-c2ccc(OC)cc2)cc1. The van der Waals surface area contributed by atoms with Gasteiger partial charge in [0.05, 0.1) is 14.2 Å². The van der Waals surface area contributed by atoms with Crippen molar-refractivity contribution in [2.75, 3.05) is 14.2 Å². The first-order valence-corrected chi connectivity index (χ1v) is 8.51. The molecule has 0 unspecified atom stereocenters. The number of ether oxygens (including phenoxy) is 2. The highest BCUT2D eigenvalue weighted by Crippen LogP contribution is 2.38. The summed E-state index contributed by atoms with van der Waals surface area (Å²) < 4.78 is 10.4. The van der Waals surface area contributed by atoms with Crippen molar-refractivity contribution in [1.82, 2.24) is 0 Å². The second-order valence-electron chi connectivity index (χ2n) is 6.10. The van der Waals surface area contributed by atoms with Crippen molar-refractivity contribution < 1.29 is 19.1 Å².